The Morgan fingerprint density at radius 3 is 2.90 bits per heavy atom. The van der Waals surface area contributed by atoms with Crippen molar-refractivity contribution in [2.75, 3.05) is 11.9 Å². The Balaban J connectivity index is 2.09. The molecular weight excluding hydrogens is 308 g/mol. The van der Waals surface area contributed by atoms with Crippen molar-refractivity contribution in [1.82, 2.24) is 9.36 Å². The predicted octanol–water partition coefficient (Wildman–Crippen LogP) is 3.87. The standard InChI is InChI=1S/C13H16N4O2S2/c1-3-6-14-11-5-4-10(7-12(11)17(18)19)8-20-13-15-9(2)16-21-13/h4-5,7,14H,3,6,8H2,1-2H3. The van der Waals surface area contributed by atoms with Crippen LogP contribution in [0.1, 0.15) is 24.7 Å². The maximum atomic E-state index is 11.2. The van der Waals surface area contributed by atoms with Crippen molar-refractivity contribution < 1.29 is 4.92 Å². The predicted molar refractivity (Wildman–Crippen MR) is 86.1 cm³/mol. The van der Waals surface area contributed by atoms with Crippen LogP contribution in [0, 0.1) is 17.0 Å². The van der Waals surface area contributed by atoms with Gasteiger partial charge in [0.2, 0.25) is 0 Å². The van der Waals surface area contributed by atoms with Crippen LogP contribution in [0.15, 0.2) is 22.5 Å². The van der Waals surface area contributed by atoms with Crippen LogP contribution >= 0.6 is 23.3 Å². The van der Waals surface area contributed by atoms with E-state index in [0.717, 1.165) is 28.7 Å². The van der Waals surface area contributed by atoms with Crippen molar-refractivity contribution >= 4 is 34.7 Å². The number of anilines is 1. The van der Waals surface area contributed by atoms with Gasteiger partial charge in [-0.25, -0.2) is 4.98 Å². The monoisotopic (exact) mass is 324 g/mol. The molecule has 21 heavy (non-hydrogen) atoms. The van der Waals surface area contributed by atoms with Crippen LogP contribution in [-0.2, 0) is 5.75 Å². The molecule has 1 N–H and O–H groups in total. The Hall–Kier alpha value is -1.67. The molecular formula is C13H16N4O2S2. The second-order valence-corrected chi connectivity index (χ2v) is 6.41. The third-order valence-electron chi connectivity index (χ3n) is 2.70. The quantitative estimate of drug-likeness (QED) is 0.473. The topological polar surface area (TPSA) is 81.0 Å². The summed E-state index contributed by atoms with van der Waals surface area (Å²) in [5.41, 5.74) is 1.60. The van der Waals surface area contributed by atoms with Gasteiger partial charge in [-0.05, 0) is 36.5 Å². The van der Waals surface area contributed by atoms with E-state index in [1.54, 1.807) is 23.9 Å². The van der Waals surface area contributed by atoms with Gasteiger partial charge in [-0.15, -0.1) is 0 Å². The van der Waals surface area contributed by atoms with E-state index in [1.165, 1.54) is 11.5 Å². The van der Waals surface area contributed by atoms with Crippen molar-refractivity contribution in [2.24, 2.45) is 0 Å². The van der Waals surface area contributed by atoms with E-state index in [-0.39, 0.29) is 10.6 Å². The Morgan fingerprint density at radius 2 is 2.29 bits per heavy atom. The molecule has 1 aromatic carbocycles. The summed E-state index contributed by atoms with van der Waals surface area (Å²) < 4.78 is 4.99. The van der Waals surface area contributed by atoms with Gasteiger partial charge in [-0.1, -0.05) is 24.8 Å². The number of aryl methyl sites for hydroxylation is 1. The average molecular weight is 324 g/mol. The van der Waals surface area contributed by atoms with Crippen LogP contribution < -0.4 is 5.32 Å². The van der Waals surface area contributed by atoms with Gasteiger partial charge in [-0.3, -0.25) is 10.1 Å². The fraction of sp³-hybridized carbons (Fsp3) is 0.385. The lowest BCUT2D eigenvalue weighted by Gasteiger charge is -2.07. The van der Waals surface area contributed by atoms with E-state index >= 15 is 0 Å². The van der Waals surface area contributed by atoms with Gasteiger partial charge in [0.15, 0.2) is 4.34 Å². The van der Waals surface area contributed by atoms with Crippen LogP contribution in [0.3, 0.4) is 0 Å². The zero-order valence-electron chi connectivity index (χ0n) is 11.8. The summed E-state index contributed by atoms with van der Waals surface area (Å²) in [7, 11) is 0. The molecule has 6 nitrogen and oxygen atoms in total. The molecule has 0 amide bonds. The first-order chi connectivity index (χ1) is 10.1. The van der Waals surface area contributed by atoms with Crippen molar-refractivity contribution in [2.45, 2.75) is 30.4 Å². The molecule has 0 saturated carbocycles. The number of aromatic nitrogens is 2. The first-order valence-corrected chi connectivity index (χ1v) is 8.30. The summed E-state index contributed by atoms with van der Waals surface area (Å²) >= 11 is 2.89. The van der Waals surface area contributed by atoms with Crippen molar-refractivity contribution in [3.8, 4) is 0 Å². The highest BCUT2D eigenvalue weighted by Gasteiger charge is 2.14. The van der Waals surface area contributed by atoms with E-state index in [9.17, 15) is 10.1 Å². The molecule has 0 spiro atoms. The van der Waals surface area contributed by atoms with Gasteiger partial charge >= 0.3 is 0 Å². The van der Waals surface area contributed by atoms with Gasteiger partial charge in [0.25, 0.3) is 5.69 Å². The minimum atomic E-state index is -0.346. The number of nitrogens with one attached hydrogen (secondary N) is 1. The van der Waals surface area contributed by atoms with E-state index in [2.05, 4.69) is 14.7 Å². The molecule has 1 heterocycles. The van der Waals surface area contributed by atoms with Gasteiger partial charge in [-0.2, -0.15) is 4.37 Å². The summed E-state index contributed by atoms with van der Waals surface area (Å²) in [5, 5.41) is 14.2. The number of benzene rings is 1. The molecule has 0 aliphatic rings. The summed E-state index contributed by atoms with van der Waals surface area (Å²) in [6.45, 7) is 4.59. The number of thioether (sulfide) groups is 1. The number of rotatable bonds is 7. The fourth-order valence-electron chi connectivity index (χ4n) is 1.71. The number of hydrogen-bond donors (Lipinski definition) is 1. The number of nitro benzene ring substituents is 1. The van der Waals surface area contributed by atoms with E-state index in [1.807, 2.05) is 19.9 Å². The third-order valence-corrected chi connectivity index (χ3v) is 4.69. The van der Waals surface area contributed by atoms with Crippen LogP contribution in [0.2, 0.25) is 0 Å². The van der Waals surface area contributed by atoms with Crippen LogP contribution in [0.5, 0.6) is 0 Å². The molecule has 0 atom stereocenters. The van der Waals surface area contributed by atoms with Gasteiger partial charge < -0.3 is 5.32 Å². The molecule has 112 valence electrons. The molecule has 0 unspecified atom stereocenters. The van der Waals surface area contributed by atoms with Crippen molar-refractivity contribution in [1.29, 1.82) is 0 Å². The van der Waals surface area contributed by atoms with E-state index in [4.69, 9.17) is 0 Å². The minimum absolute atomic E-state index is 0.120. The maximum Gasteiger partial charge on any atom is 0.292 e. The molecule has 2 rings (SSSR count). The molecule has 1 aromatic heterocycles. The number of nitro groups is 1. The lowest BCUT2D eigenvalue weighted by atomic mass is 10.2. The van der Waals surface area contributed by atoms with Crippen LogP contribution in [0.4, 0.5) is 11.4 Å². The Kier molecular flexibility index (Phi) is 5.51. The largest absolute Gasteiger partial charge is 0.380 e. The first-order valence-electron chi connectivity index (χ1n) is 6.54. The first kappa shape index (κ1) is 15.7. The van der Waals surface area contributed by atoms with Crippen molar-refractivity contribution in [3.05, 3.63) is 39.7 Å². The minimum Gasteiger partial charge on any atom is -0.380 e. The molecule has 0 radical (unpaired) electrons. The molecule has 0 aliphatic heterocycles. The van der Waals surface area contributed by atoms with Gasteiger partial charge in [0, 0.05) is 18.4 Å². The summed E-state index contributed by atoms with van der Waals surface area (Å²) in [6, 6.07) is 5.31. The van der Waals surface area contributed by atoms with Gasteiger partial charge in [0.1, 0.15) is 11.5 Å². The number of hydrogen-bond acceptors (Lipinski definition) is 7. The SMILES string of the molecule is CCCNc1ccc(CSc2nc(C)ns2)cc1[N+](=O)[O-]. The molecule has 0 bridgehead atoms. The van der Waals surface area contributed by atoms with Crippen LogP contribution in [-0.4, -0.2) is 20.8 Å². The summed E-state index contributed by atoms with van der Waals surface area (Å²) in [6.07, 6.45) is 0.922. The van der Waals surface area contributed by atoms with Crippen LogP contribution in [0.25, 0.3) is 0 Å². The lowest BCUT2D eigenvalue weighted by molar-refractivity contribution is -0.384. The van der Waals surface area contributed by atoms with Gasteiger partial charge in [0.05, 0.1) is 4.92 Å². The van der Waals surface area contributed by atoms with E-state index < -0.39 is 0 Å². The second-order valence-electron chi connectivity index (χ2n) is 4.43. The highest BCUT2D eigenvalue weighted by molar-refractivity contribution is 8.00. The third kappa shape index (κ3) is 4.40. The molecule has 0 saturated heterocycles. The average Bonchev–Trinajstić information content (AvgIpc) is 2.89. The second kappa shape index (κ2) is 7.37. The fourth-order valence-corrected chi connectivity index (χ4v) is 3.30. The maximum absolute atomic E-state index is 11.2. The van der Waals surface area contributed by atoms with E-state index in [0.29, 0.717) is 11.4 Å². The van der Waals surface area contributed by atoms with Crippen molar-refractivity contribution in [3.63, 3.8) is 0 Å². The molecule has 0 aliphatic carbocycles. The molecule has 2 aromatic rings. The Bertz CT molecular complexity index is 630. The molecule has 0 fully saturated rings. The normalized spacial score (nSPS) is 10.6. The number of nitrogens with zero attached hydrogens (tertiary/aromatic N) is 3. The smallest absolute Gasteiger partial charge is 0.292 e. The lowest BCUT2D eigenvalue weighted by Crippen LogP contribution is -2.03. The highest BCUT2D eigenvalue weighted by Crippen LogP contribution is 2.30. The summed E-state index contributed by atoms with van der Waals surface area (Å²) in [4.78, 5) is 15.1. The Labute approximate surface area is 131 Å². The molecule has 8 heteroatoms. The Morgan fingerprint density at radius 1 is 1.48 bits per heavy atom. The summed E-state index contributed by atoms with van der Waals surface area (Å²) in [5.74, 6) is 1.40. The zero-order valence-corrected chi connectivity index (χ0v) is 13.5. The highest BCUT2D eigenvalue weighted by atomic mass is 32.2. The zero-order chi connectivity index (χ0) is 15.2.